The van der Waals surface area contributed by atoms with E-state index in [-0.39, 0.29) is 0 Å². The molecule has 1 N–H and O–H groups in total. The maximum absolute atomic E-state index is 4.62. The molecule has 1 unspecified atom stereocenters. The fraction of sp³-hybridized carbons (Fsp3) is 0.615. The van der Waals surface area contributed by atoms with Crippen LogP contribution in [0.4, 0.5) is 5.82 Å². The summed E-state index contributed by atoms with van der Waals surface area (Å²) in [5.41, 5.74) is 1.28. The Balaban J connectivity index is 2.19. The van der Waals surface area contributed by atoms with Crippen LogP contribution in [0.5, 0.6) is 0 Å². The van der Waals surface area contributed by atoms with Crippen LogP contribution in [0, 0.1) is 0 Å². The summed E-state index contributed by atoms with van der Waals surface area (Å²) in [5, 5.41) is 4.08. The number of thioether (sulfide) groups is 1. The van der Waals surface area contributed by atoms with Crippen molar-refractivity contribution in [2.45, 2.75) is 25.6 Å². The van der Waals surface area contributed by atoms with Gasteiger partial charge in [0.2, 0.25) is 0 Å². The maximum Gasteiger partial charge on any atom is 0.133 e. The van der Waals surface area contributed by atoms with Gasteiger partial charge in [0, 0.05) is 46.9 Å². The number of aromatic nitrogens is 1. The van der Waals surface area contributed by atoms with Crippen molar-refractivity contribution in [3.63, 3.8) is 0 Å². The number of nitrogens with zero attached hydrogens (tertiary/aromatic N) is 2. The quantitative estimate of drug-likeness (QED) is 0.919. The second-order valence-corrected chi connectivity index (χ2v) is 7.01. The summed E-state index contributed by atoms with van der Waals surface area (Å²) >= 11 is 5.56. The number of pyridine rings is 1. The minimum absolute atomic E-state index is 0.691. The molecule has 0 bridgehead atoms. The molecule has 1 aromatic heterocycles. The maximum atomic E-state index is 4.62. The van der Waals surface area contributed by atoms with E-state index in [1.54, 1.807) is 0 Å². The van der Waals surface area contributed by atoms with Crippen molar-refractivity contribution in [2.24, 2.45) is 0 Å². The van der Waals surface area contributed by atoms with Crippen molar-refractivity contribution in [3.05, 3.63) is 22.3 Å². The number of halogens is 1. The standard InChI is InChI=1S/C13H20BrN3S/c1-3-15-7-11-6-12(14)8-16-13(11)17-4-5-18-10(2)9-17/h6,8,10,15H,3-5,7,9H2,1-2H3. The molecule has 0 aliphatic carbocycles. The van der Waals surface area contributed by atoms with Crippen LogP contribution >= 0.6 is 27.7 Å². The molecule has 0 spiro atoms. The lowest BCUT2D eigenvalue weighted by molar-refractivity contribution is 0.708. The Morgan fingerprint density at radius 1 is 1.61 bits per heavy atom. The smallest absolute Gasteiger partial charge is 0.133 e. The monoisotopic (exact) mass is 329 g/mol. The second kappa shape index (κ2) is 6.78. The van der Waals surface area contributed by atoms with E-state index in [1.807, 2.05) is 18.0 Å². The van der Waals surface area contributed by atoms with Gasteiger partial charge in [0.15, 0.2) is 0 Å². The van der Waals surface area contributed by atoms with Crippen LogP contribution in [0.25, 0.3) is 0 Å². The van der Waals surface area contributed by atoms with Crippen molar-refractivity contribution in [1.29, 1.82) is 0 Å². The average Bonchev–Trinajstić information content (AvgIpc) is 2.36. The third-order valence-corrected chi connectivity index (χ3v) is 4.59. The number of hydrogen-bond donors (Lipinski definition) is 1. The highest BCUT2D eigenvalue weighted by atomic mass is 79.9. The number of rotatable bonds is 4. The zero-order valence-electron chi connectivity index (χ0n) is 10.9. The van der Waals surface area contributed by atoms with Gasteiger partial charge in [-0.1, -0.05) is 13.8 Å². The first kappa shape index (κ1) is 14.2. The highest BCUT2D eigenvalue weighted by Crippen LogP contribution is 2.26. The fourth-order valence-electron chi connectivity index (χ4n) is 2.16. The molecule has 5 heteroatoms. The first-order valence-corrected chi connectivity index (χ1v) is 8.26. The van der Waals surface area contributed by atoms with Crippen LogP contribution in [0.1, 0.15) is 19.4 Å². The van der Waals surface area contributed by atoms with E-state index in [1.165, 1.54) is 11.3 Å². The molecule has 1 atom stereocenters. The molecule has 18 heavy (non-hydrogen) atoms. The SMILES string of the molecule is CCNCc1cc(Br)cnc1N1CCSC(C)C1. The van der Waals surface area contributed by atoms with E-state index < -0.39 is 0 Å². The Morgan fingerprint density at radius 2 is 2.44 bits per heavy atom. The summed E-state index contributed by atoms with van der Waals surface area (Å²) in [6.45, 7) is 8.49. The van der Waals surface area contributed by atoms with Crippen LogP contribution < -0.4 is 10.2 Å². The van der Waals surface area contributed by atoms with Crippen LogP contribution in [0.15, 0.2) is 16.7 Å². The molecule has 2 heterocycles. The first-order chi connectivity index (χ1) is 8.70. The van der Waals surface area contributed by atoms with E-state index in [9.17, 15) is 0 Å². The van der Waals surface area contributed by atoms with Gasteiger partial charge in [-0.2, -0.15) is 11.8 Å². The highest BCUT2D eigenvalue weighted by Gasteiger charge is 2.20. The van der Waals surface area contributed by atoms with Crippen LogP contribution in [0.2, 0.25) is 0 Å². The predicted octanol–water partition coefficient (Wildman–Crippen LogP) is 2.90. The van der Waals surface area contributed by atoms with E-state index in [2.05, 4.69) is 51.0 Å². The van der Waals surface area contributed by atoms with Crippen molar-refractivity contribution >= 4 is 33.5 Å². The molecule has 0 amide bonds. The predicted molar refractivity (Wildman–Crippen MR) is 83.5 cm³/mol. The molecule has 3 nitrogen and oxygen atoms in total. The molecule has 0 saturated carbocycles. The summed E-state index contributed by atoms with van der Waals surface area (Å²) in [7, 11) is 0. The molecule has 1 aliphatic heterocycles. The minimum Gasteiger partial charge on any atom is -0.354 e. The topological polar surface area (TPSA) is 28.2 Å². The Labute approximate surface area is 122 Å². The van der Waals surface area contributed by atoms with Gasteiger partial charge >= 0.3 is 0 Å². The Hall–Kier alpha value is -0.260. The van der Waals surface area contributed by atoms with Crippen molar-refractivity contribution in [2.75, 3.05) is 30.3 Å². The van der Waals surface area contributed by atoms with Gasteiger partial charge in [-0.15, -0.1) is 0 Å². The highest BCUT2D eigenvalue weighted by molar-refractivity contribution is 9.10. The van der Waals surface area contributed by atoms with Crippen molar-refractivity contribution in [1.82, 2.24) is 10.3 Å². The van der Waals surface area contributed by atoms with Crippen LogP contribution in [0.3, 0.4) is 0 Å². The van der Waals surface area contributed by atoms with Gasteiger partial charge in [-0.05, 0) is 28.5 Å². The lowest BCUT2D eigenvalue weighted by Gasteiger charge is -2.32. The Kier molecular flexibility index (Phi) is 5.33. The van der Waals surface area contributed by atoms with E-state index >= 15 is 0 Å². The van der Waals surface area contributed by atoms with E-state index in [4.69, 9.17) is 0 Å². The van der Waals surface area contributed by atoms with Crippen LogP contribution in [-0.2, 0) is 6.54 Å². The summed E-state index contributed by atoms with van der Waals surface area (Å²) in [6.07, 6.45) is 1.90. The van der Waals surface area contributed by atoms with E-state index in [0.29, 0.717) is 5.25 Å². The Morgan fingerprint density at radius 3 is 3.17 bits per heavy atom. The van der Waals surface area contributed by atoms with Gasteiger partial charge in [0.05, 0.1) is 0 Å². The molecule has 1 saturated heterocycles. The molecule has 100 valence electrons. The lowest BCUT2D eigenvalue weighted by atomic mass is 10.2. The van der Waals surface area contributed by atoms with Gasteiger partial charge in [0.1, 0.15) is 5.82 Å². The Bertz CT molecular complexity index is 400. The van der Waals surface area contributed by atoms with E-state index in [0.717, 1.165) is 36.5 Å². The average molecular weight is 330 g/mol. The van der Waals surface area contributed by atoms with Crippen molar-refractivity contribution in [3.8, 4) is 0 Å². The van der Waals surface area contributed by atoms with Crippen molar-refractivity contribution < 1.29 is 0 Å². The summed E-state index contributed by atoms with van der Waals surface area (Å²) in [4.78, 5) is 7.04. The zero-order chi connectivity index (χ0) is 13.0. The second-order valence-electron chi connectivity index (χ2n) is 4.54. The van der Waals surface area contributed by atoms with Gasteiger partial charge in [0.25, 0.3) is 0 Å². The molecule has 1 fully saturated rings. The number of hydrogen-bond acceptors (Lipinski definition) is 4. The van der Waals surface area contributed by atoms with Crippen LogP contribution in [-0.4, -0.2) is 35.6 Å². The number of nitrogens with one attached hydrogen (secondary N) is 1. The molecule has 0 aromatic carbocycles. The molecule has 1 aromatic rings. The summed E-state index contributed by atoms with van der Waals surface area (Å²) in [5.74, 6) is 2.34. The van der Waals surface area contributed by atoms with Gasteiger partial charge in [-0.25, -0.2) is 4.98 Å². The first-order valence-electron chi connectivity index (χ1n) is 6.42. The fourth-order valence-corrected chi connectivity index (χ4v) is 3.55. The lowest BCUT2D eigenvalue weighted by Crippen LogP contribution is -2.38. The van der Waals surface area contributed by atoms with Gasteiger partial charge < -0.3 is 10.2 Å². The molecule has 0 radical (unpaired) electrons. The summed E-state index contributed by atoms with van der Waals surface area (Å²) < 4.78 is 1.05. The normalized spacial score (nSPS) is 20.2. The van der Waals surface area contributed by atoms with Gasteiger partial charge in [-0.3, -0.25) is 0 Å². The zero-order valence-corrected chi connectivity index (χ0v) is 13.4. The largest absolute Gasteiger partial charge is 0.354 e. The molecular weight excluding hydrogens is 310 g/mol. The molecule has 2 rings (SSSR count). The molecule has 1 aliphatic rings. The number of anilines is 1. The third-order valence-electron chi connectivity index (χ3n) is 3.02. The minimum atomic E-state index is 0.691. The summed E-state index contributed by atoms with van der Waals surface area (Å²) in [6, 6.07) is 2.18. The molecular formula is C13H20BrN3S. The third kappa shape index (κ3) is 3.62.